The zero-order chi connectivity index (χ0) is 18.9. The first-order valence-corrected chi connectivity index (χ1v) is 11.5. The third-order valence-corrected chi connectivity index (χ3v) is 8.19. The van der Waals surface area contributed by atoms with Crippen molar-refractivity contribution in [2.24, 2.45) is 11.8 Å². The van der Waals surface area contributed by atoms with E-state index < -0.39 is 12.1 Å². The summed E-state index contributed by atoms with van der Waals surface area (Å²) in [5.41, 5.74) is -0.00839. The maximum atomic E-state index is 14.4. The van der Waals surface area contributed by atoms with E-state index in [1.807, 2.05) is 0 Å². The van der Waals surface area contributed by atoms with Crippen LogP contribution in [0.1, 0.15) is 83.5 Å². The highest BCUT2D eigenvalue weighted by molar-refractivity contribution is 5.80. The van der Waals surface area contributed by atoms with E-state index in [2.05, 4.69) is 10.2 Å². The zero-order valence-electron chi connectivity index (χ0n) is 16.7. The van der Waals surface area contributed by atoms with Gasteiger partial charge in [-0.25, -0.2) is 4.39 Å². The predicted octanol–water partition coefficient (Wildman–Crippen LogP) is 3.57. The number of aliphatic hydroxyl groups is 1. The molecule has 3 atom stereocenters. The SMILES string of the molecule is O=C(NC(C1CCCCC1)C12CCC(CC1)N2CCO)C1CCCCC1F. The summed E-state index contributed by atoms with van der Waals surface area (Å²) in [5, 5.41) is 13.1. The fourth-order valence-corrected chi connectivity index (χ4v) is 6.87. The Kier molecular flexibility index (Phi) is 6.08. The fraction of sp³-hybridized carbons (Fsp3) is 0.955. The highest BCUT2D eigenvalue weighted by atomic mass is 19.1. The van der Waals surface area contributed by atoms with Gasteiger partial charge < -0.3 is 10.4 Å². The van der Waals surface area contributed by atoms with Gasteiger partial charge in [0.15, 0.2) is 0 Å². The lowest BCUT2D eigenvalue weighted by Crippen LogP contribution is -2.62. The van der Waals surface area contributed by atoms with Gasteiger partial charge in [-0.2, -0.15) is 0 Å². The number of β-amino-alcohol motifs (C(OH)–C–C–N with tert-alkyl or cyclic N) is 1. The summed E-state index contributed by atoms with van der Waals surface area (Å²) in [6, 6.07) is 0.683. The molecule has 5 heteroatoms. The van der Waals surface area contributed by atoms with Crippen LogP contribution in [0.2, 0.25) is 0 Å². The van der Waals surface area contributed by atoms with Crippen molar-refractivity contribution in [2.45, 2.75) is 107 Å². The number of carbonyl (C=O) groups is 1. The minimum absolute atomic E-state index is 0.00839. The van der Waals surface area contributed by atoms with Crippen molar-refractivity contribution < 1.29 is 14.3 Å². The number of alkyl halides is 1. The standard InChI is InChI=1S/C22H37FN2O2/c23-19-9-5-4-8-18(19)21(27)24-20(16-6-2-1-3-7-16)22-12-10-17(11-13-22)25(22)14-15-26/h16-20,26H,1-15H2,(H,24,27). The lowest BCUT2D eigenvalue weighted by Gasteiger charge is -2.47. The molecule has 0 aromatic carbocycles. The fourth-order valence-electron chi connectivity index (χ4n) is 6.87. The van der Waals surface area contributed by atoms with Gasteiger partial charge in [0.1, 0.15) is 6.17 Å². The molecule has 0 aromatic rings. The van der Waals surface area contributed by atoms with Gasteiger partial charge in [0.05, 0.1) is 18.6 Å². The molecule has 2 bridgehead atoms. The molecule has 4 fully saturated rings. The van der Waals surface area contributed by atoms with Gasteiger partial charge in [-0.3, -0.25) is 9.69 Å². The van der Waals surface area contributed by atoms with Crippen LogP contribution in [0.25, 0.3) is 0 Å². The summed E-state index contributed by atoms with van der Waals surface area (Å²) in [5.74, 6) is 0.0139. The van der Waals surface area contributed by atoms with Crippen molar-refractivity contribution in [3.63, 3.8) is 0 Å². The number of halogens is 1. The largest absolute Gasteiger partial charge is 0.395 e. The van der Waals surface area contributed by atoms with Crippen molar-refractivity contribution in [2.75, 3.05) is 13.2 Å². The second-order valence-corrected chi connectivity index (χ2v) is 9.54. The van der Waals surface area contributed by atoms with Gasteiger partial charge in [-0.15, -0.1) is 0 Å². The van der Waals surface area contributed by atoms with E-state index >= 15 is 0 Å². The highest BCUT2D eigenvalue weighted by Crippen LogP contribution is 2.51. The lowest BCUT2D eigenvalue weighted by molar-refractivity contribution is -0.131. The Hall–Kier alpha value is -0.680. The van der Waals surface area contributed by atoms with Crippen LogP contribution in [0, 0.1) is 11.8 Å². The Balaban J connectivity index is 1.56. The van der Waals surface area contributed by atoms with Crippen molar-refractivity contribution in [3.05, 3.63) is 0 Å². The zero-order valence-corrected chi connectivity index (χ0v) is 16.7. The lowest BCUT2D eigenvalue weighted by atomic mass is 9.71. The van der Waals surface area contributed by atoms with E-state index in [1.54, 1.807) is 0 Å². The van der Waals surface area contributed by atoms with E-state index in [0.29, 0.717) is 31.3 Å². The number of rotatable bonds is 6. The van der Waals surface area contributed by atoms with Gasteiger partial charge >= 0.3 is 0 Å². The normalized spacial score (nSPS) is 38.8. The molecule has 2 saturated carbocycles. The summed E-state index contributed by atoms with van der Waals surface area (Å²) in [6.45, 7) is 0.887. The van der Waals surface area contributed by atoms with Crippen LogP contribution in [-0.2, 0) is 4.79 Å². The monoisotopic (exact) mass is 380 g/mol. The minimum atomic E-state index is -0.975. The molecule has 3 unspecified atom stereocenters. The van der Waals surface area contributed by atoms with E-state index in [4.69, 9.17) is 0 Å². The molecule has 4 rings (SSSR count). The number of amides is 1. The third-order valence-electron chi connectivity index (χ3n) is 8.19. The van der Waals surface area contributed by atoms with E-state index in [0.717, 1.165) is 25.7 Å². The summed E-state index contributed by atoms with van der Waals surface area (Å²) in [7, 11) is 0. The van der Waals surface area contributed by atoms with Crippen molar-refractivity contribution in [1.29, 1.82) is 0 Å². The van der Waals surface area contributed by atoms with Crippen molar-refractivity contribution in [1.82, 2.24) is 10.2 Å². The van der Waals surface area contributed by atoms with Crippen LogP contribution >= 0.6 is 0 Å². The Morgan fingerprint density at radius 3 is 2.37 bits per heavy atom. The number of nitrogens with zero attached hydrogens (tertiary/aromatic N) is 1. The quantitative estimate of drug-likeness (QED) is 0.741. The number of carbonyl (C=O) groups excluding carboxylic acids is 1. The summed E-state index contributed by atoms with van der Waals surface area (Å²) >= 11 is 0. The number of aliphatic hydroxyl groups excluding tert-OH is 1. The molecule has 2 aliphatic heterocycles. The van der Waals surface area contributed by atoms with Gasteiger partial charge in [0.2, 0.25) is 5.91 Å². The Labute approximate surface area is 163 Å². The molecule has 2 N–H and O–H groups in total. The highest BCUT2D eigenvalue weighted by Gasteiger charge is 2.57. The summed E-state index contributed by atoms with van der Waals surface area (Å²) < 4.78 is 14.4. The van der Waals surface area contributed by atoms with Crippen LogP contribution in [0.5, 0.6) is 0 Å². The van der Waals surface area contributed by atoms with Crippen LogP contribution in [0.3, 0.4) is 0 Å². The summed E-state index contributed by atoms with van der Waals surface area (Å²) in [4.78, 5) is 15.6. The molecule has 154 valence electrons. The van der Waals surface area contributed by atoms with E-state index in [9.17, 15) is 14.3 Å². The molecule has 0 radical (unpaired) electrons. The van der Waals surface area contributed by atoms with E-state index in [1.165, 1.54) is 44.9 Å². The first kappa shape index (κ1) is 19.6. The molecule has 1 amide bonds. The molecule has 0 spiro atoms. The molecule has 0 aromatic heterocycles. The Bertz CT molecular complexity index is 514. The average Bonchev–Trinajstić information content (AvgIpc) is 3.22. The summed E-state index contributed by atoms with van der Waals surface area (Å²) in [6.07, 6.45) is 12.8. The van der Waals surface area contributed by atoms with Crippen molar-refractivity contribution in [3.8, 4) is 0 Å². The van der Waals surface area contributed by atoms with Crippen LogP contribution < -0.4 is 5.32 Å². The third kappa shape index (κ3) is 3.66. The molecule has 4 aliphatic rings. The molecular formula is C22H37FN2O2. The average molecular weight is 381 g/mol. The second-order valence-electron chi connectivity index (χ2n) is 9.54. The molecule has 4 nitrogen and oxygen atoms in total. The number of hydrogen-bond acceptors (Lipinski definition) is 3. The van der Waals surface area contributed by atoms with Gasteiger partial charge in [0.25, 0.3) is 0 Å². The molecule has 27 heavy (non-hydrogen) atoms. The number of hydrogen-bond donors (Lipinski definition) is 2. The van der Waals surface area contributed by atoms with E-state index in [-0.39, 0.29) is 24.1 Å². The number of fused-ring (bicyclic) bond motifs is 2. The van der Waals surface area contributed by atoms with Crippen LogP contribution in [-0.4, -0.2) is 52.9 Å². The topological polar surface area (TPSA) is 52.6 Å². The smallest absolute Gasteiger partial charge is 0.226 e. The molecule has 2 aliphatic carbocycles. The molecule has 2 heterocycles. The van der Waals surface area contributed by atoms with Gasteiger partial charge in [-0.05, 0) is 57.3 Å². The van der Waals surface area contributed by atoms with Gasteiger partial charge in [-0.1, -0.05) is 32.1 Å². The first-order valence-electron chi connectivity index (χ1n) is 11.5. The van der Waals surface area contributed by atoms with Crippen LogP contribution in [0.4, 0.5) is 4.39 Å². The maximum absolute atomic E-state index is 14.4. The van der Waals surface area contributed by atoms with Crippen LogP contribution in [0.15, 0.2) is 0 Å². The second kappa shape index (κ2) is 8.36. The number of nitrogens with one attached hydrogen (secondary N) is 1. The molecular weight excluding hydrogens is 343 g/mol. The molecule has 2 saturated heterocycles. The first-order chi connectivity index (χ1) is 13.2. The van der Waals surface area contributed by atoms with Gasteiger partial charge in [0, 0.05) is 18.1 Å². The van der Waals surface area contributed by atoms with Crippen molar-refractivity contribution >= 4 is 5.91 Å². The maximum Gasteiger partial charge on any atom is 0.226 e. The minimum Gasteiger partial charge on any atom is -0.395 e. The predicted molar refractivity (Wildman–Crippen MR) is 104 cm³/mol. The Morgan fingerprint density at radius 1 is 1.04 bits per heavy atom. The Morgan fingerprint density at radius 2 is 1.70 bits per heavy atom.